The number of nitrogens with two attached hydrogens (primary N) is 1. The molecule has 0 bridgehead atoms. The fraction of sp³-hybridized carbons (Fsp3) is 0.667. The van der Waals surface area contributed by atoms with Gasteiger partial charge in [-0.2, -0.15) is 0 Å². The van der Waals surface area contributed by atoms with Gasteiger partial charge in [0.15, 0.2) is 0 Å². The summed E-state index contributed by atoms with van der Waals surface area (Å²) in [4.78, 5) is 71.8. The van der Waals surface area contributed by atoms with E-state index in [0.717, 1.165) is 4.90 Å². The maximum atomic E-state index is 13.0. The van der Waals surface area contributed by atoms with Crippen LogP contribution in [-0.2, 0) is 28.8 Å². The Morgan fingerprint density at radius 3 is 2.16 bits per heavy atom. The van der Waals surface area contributed by atoms with E-state index in [1.54, 1.807) is 0 Å². The van der Waals surface area contributed by atoms with Crippen molar-refractivity contribution in [3.8, 4) is 0 Å². The smallest absolute Gasteiger partial charge is 0.326 e. The van der Waals surface area contributed by atoms with Gasteiger partial charge in [-0.05, 0) is 26.2 Å². The summed E-state index contributed by atoms with van der Waals surface area (Å²) in [5, 5.41) is 40.7. The summed E-state index contributed by atoms with van der Waals surface area (Å²) in [7, 11) is 0. The highest BCUT2D eigenvalue weighted by atomic mass is 16.4. The van der Waals surface area contributed by atoms with Gasteiger partial charge in [-0.3, -0.25) is 24.0 Å². The van der Waals surface area contributed by atoms with Crippen molar-refractivity contribution in [3.63, 3.8) is 0 Å². The summed E-state index contributed by atoms with van der Waals surface area (Å²) in [6.07, 6.45) is -2.37. The van der Waals surface area contributed by atoms with Crippen molar-refractivity contribution in [3.05, 3.63) is 0 Å². The highest BCUT2D eigenvalue weighted by Gasteiger charge is 2.39. The number of aliphatic carboxylic acids is 3. The number of hydrogen-bond donors (Lipinski definition) is 7. The number of carbonyl (C=O) groups excluding carboxylic acids is 3. The second-order valence-electron chi connectivity index (χ2n) is 7.45. The number of nitrogens with zero attached hydrogens (tertiary/aromatic N) is 1. The molecule has 0 aliphatic carbocycles. The average molecular weight is 460 g/mol. The van der Waals surface area contributed by atoms with Gasteiger partial charge in [-0.15, -0.1) is 0 Å². The molecule has 0 aromatic heterocycles. The van der Waals surface area contributed by atoms with Crippen LogP contribution in [-0.4, -0.2) is 97.8 Å². The van der Waals surface area contributed by atoms with E-state index < -0.39 is 78.7 Å². The minimum Gasteiger partial charge on any atom is -0.481 e. The number of aliphatic hydroxyl groups excluding tert-OH is 1. The summed E-state index contributed by atoms with van der Waals surface area (Å²) in [5.74, 6) is -6.78. The molecule has 0 saturated carbocycles. The number of rotatable bonds is 12. The molecule has 0 spiro atoms. The molecule has 1 fully saturated rings. The lowest BCUT2D eigenvalue weighted by molar-refractivity contribution is -0.148. The topological polar surface area (TPSA) is 237 Å². The molecule has 14 nitrogen and oxygen atoms in total. The molecular weight excluding hydrogens is 432 g/mol. The Morgan fingerprint density at radius 2 is 1.66 bits per heavy atom. The molecule has 14 heteroatoms. The maximum Gasteiger partial charge on any atom is 0.326 e. The van der Waals surface area contributed by atoms with Gasteiger partial charge in [0, 0.05) is 13.0 Å². The number of nitrogens with one attached hydrogen (secondary N) is 2. The molecule has 1 rings (SSSR count). The third-order valence-corrected chi connectivity index (χ3v) is 4.92. The largest absolute Gasteiger partial charge is 0.481 e. The molecule has 5 atom stereocenters. The summed E-state index contributed by atoms with van der Waals surface area (Å²) in [6, 6.07) is -5.57. The van der Waals surface area contributed by atoms with E-state index in [2.05, 4.69) is 10.6 Å². The minimum atomic E-state index is -1.70. The van der Waals surface area contributed by atoms with Crippen LogP contribution in [0, 0.1) is 0 Å². The third-order valence-electron chi connectivity index (χ3n) is 4.92. The molecule has 1 heterocycles. The normalized spacial score (nSPS) is 19.3. The predicted octanol–water partition coefficient (Wildman–Crippen LogP) is -2.92. The van der Waals surface area contributed by atoms with Gasteiger partial charge < -0.3 is 41.7 Å². The van der Waals surface area contributed by atoms with Gasteiger partial charge in [0.1, 0.15) is 24.2 Å². The molecular formula is C18H28N4O10. The number of hydrogen-bond acceptors (Lipinski definition) is 8. The Morgan fingerprint density at radius 1 is 1.03 bits per heavy atom. The van der Waals surface area contributed by atoms with Gasteiger partial charge in [-0.25, -0.2) is 4.79 Å². The van der Waals surface area contributed by atoms with Crippen molar-refractivity contribution in [2.24, 2.45) is 5.73 Å². The van der Waals surface area contributed by atoms with Gasteiger partial charge in [0.2, 0.25) is 17.7 Å². The number of carbonyl (C=O) groups is 6. The van der Waals surface area contributed by atoms with Crippen LogP contribution in [0.15, 0.2) is 0 Å². The van der Waals surface area contributed by atoms with Crippen LogP contribution >= 0.6 is 0 Å². The van der Waals surface area contributed by atoms with Crippen molar-refractivity contribution in [1.29, 1.82) is 0 Å². The van der Waals surface area contributed by atoms with Gasteiger partial charge >= 0.3 is 17.9 Å². The van der Waals surface area contributed by atoms with E-state index in [0.29, 0.717) is 6.42 Å². The standard InChI is InChI=1S/C18H28N4O10/c1-8(23)14(19)16(29)20-9(4-5-12(24)25)17(30)22-6-2-3-11(22)15(28)21-10(18(31)32)7-13(26)27/h8-11,14,23H,2-7,19H2,1H3,(H,20,29)(H,21,28)(H,24,25)(H,26,27)(H,31,32). The first-order valence-corrected chi connectivity index (χ1v) is 9.86. The first kappa shape index (κ1) is 26.8. The summed E-state index contributed by atoms with van der Waals surface area (Å²) < 4.78 is 0. The monoisotopic (exact) mass is 460 g/mol. The minimum absolute atomic E-state index is 0.0789. The molecule has 0 aromatic rings. The predicted molar refractivity (Wildman–Crippen MR) is 105 cm³/mol. The van der Waals surface area contributed by atoms with E-state index in [1.807, 2.05) is 0 Å². The van der Waals surface area contributed by atoms with Crippen LogP contribution in [0.3, 0.4) is 0 Å². The molecule has 1 saturated heterocycles. The molecule has 0 radical (unpaired) electrons. The molecule has 0 aromatic carbocycles. The number of carboxylic acid groups (broad SMARTS) is 3. The molecule has 5 unspecified atom stereocenters. The van der Waals surface area contributed by atoms with Crippen LogP contribution in [0.5, 0.6) is 0 Å². The van der Waals surface area contributed by atoms with Crippen LogP contribution in [0.2, 0.25) is 0 Å². The summed E-state index contributed by atoms with van der Waals surface area (Å²) >= 11 is 0. The zero-order valence-electron chi connectivity index (χ0n) is 17.4. The van der Waals surface area contributed by atoms with E-state index in [9.17, 15) is 33.9 Å². The van der Waals surface area contributed by atoms with Crippen molar-refractivity contribution in [2.45, 2.75) is 69.3 Å². The van der Waals surface area contributed by atoms with Crippen molar-refractivity contribution >= 4 is 35.6 Å². The van der Waals surface area contributed by atoms with E-state index in [-0.39, 0.29) is 19.4 Å². The second kappa shape index (κ2) is 12.0. The number of likely N-dealkylation sites (tertiary alicyclic amines) is 1. The Balaban J connectivity index is 2.99. The van der Waals surface area contributed by atoms with Gasteiger partial charge in [0.25, 0.3) is 0 Å². The lowest BCUT2D eigenvalue weighted by Gasteiger charge is -2.30. The zero-order valence-corrected chi connectivity index (χ0v) is 17.4. The first-order valence-electron chi connectivity index (χ1n) is 9.86. The Bertz CT molecular complexity index is 756. The molecule has 1 aliphatic rings. The Labute approximate surface area is 182 Å². The third kappa shape index (κ3) is 7.77. The molecule has 32 heavy (non-hydrogen) atoms. The summed E-state index contributed by atoms with van der Waals surface area (Å²) in [5.41, 5.74) is 5.55. The second-order valence-corrected chi connectivity index (χ2v) is 7.45. The highest BCUT2D eigenvalue weighted by molar-refractivity contribution is 5.95. The number of aliphatic hydroxyl groups is 1. The number of amides is 3. The molecule has 1 aliphatic heterocycles. The highest BCUT2D eigenvalue weighted by Crippen LogP contribution is 2.20. The Hall–Kier alpha value is -3.26. The lowest BCUT2D eigenvalue weighted by Crippen LogP contribution is -2.58. The molecule has 3 amide bonds. The van der Waals surface area contributed by atoms with E-state index in [1.165, 1.54) is 6.92 Å². The maximum absolute atomic E-state index is 13.0. The summed E-state index contributed by atoms with van der Waals surface area (Å²) in [6.45, 7) is 1.34. The lowest BCUT2D eigenvalue weighted by atomic mass is 10.1. The van der Waals surface area contributed by atoms with Crippen LogP contribution < -0.4 is 16.4 Å². The van der Waals surface area contributed by atoms with E-state index in [4.69, 9.17) is 21.1 Å². The van der Waals surface area contributed by atoms with Gasteiger partial charge in [0.05, 0.1) is 12.5 Å². The fourth-order valence-electron chi connectivity index (χ4n) is 3.16. The van der Waals surface area contributed by atoms with Crippen LogP contribution in [0.4, 0.5) is 0 Å². The van der Waals surface area contributed by atoms with E-state index >= 15 is 0 Å². The molecule has 8 N–H and O–H groups in total. The SMILES string of the molecule is CC(O)C(N)C(=O)NC(CCC(=O)O)C(=O)N1CCCC1C(=O)NC(CC(=O)O)C(=O)O. The average Bonchev–Trinajstić information content (AvgIpc) is 3.18. The fourth-order valence-corrected chi connectivity index (χ4v) is 3.16. The number of carboxylic acids is 3. The van der Waals surface area contributed by atoms with Crippen LogP contribution in [0.1, 0.15) is 39.0 Å². The van der Waals surface area contributed by atoms with Crippen LogP contribution in [0.25, 0.3) is 0 Å². The molecule has 180 valence electrons. The van der Waals surface area contributed by atoms with Crippen molar-refractivity contribution in [2.75, 3.05) is 6.54 Å². The van der Waals surface area contributed by atoms with Crippen molar-refractivity contribution in [1.82, 2.24) is 15.5 Å². The van der Waals surface area contributed by atoms with Crippen molar-refractivity contribution < 1.29 is 49.2 Å². The van der Waals surface area contributed by atoms with Gasteiger partial charge in [-0.1, -0.05) is 0 Å². The zero-order chi connectivity index (χ0) is 24.6. The first-order chi connectivity index (χ1) is 14.8. The quantitative estimate of drug-likeness (QED) is 0.156. The Kier molecular flexibility index (Phi) is 10.00.